The van der Waals surface area contributed by atoms with Gasteiger partial charge in [-0.3, -0.25) is 9.69 Å². The van der Waals surface area contributed by atoms with E-state index in [4.69, 9.17) is 4.42 Å². The van der Waals surface area contributed by atoms with Gasteiger partial charge >= 0.3 is 0 Å². The van der Waals surface area contributed by atoms with Gasteiger partial charge in [0.05, 0.1) is 29.9 Å². The number of furan rings is 1. The average Bonchev–Trinajstić information content (AvgIpc) is 3.51. The smallest absolute Gasteiger partial charge is 0.252 e. The van der Waals surface area contributed by atoms with Gasteiger partial charge in [0.1, 0.15) is 5.76 Å². The van der Waals surface area contributed by atoms with Crippen molar-refractivity contribution in [1.29, 1.82) is 0 Å². The second-order valence-electron chi connectivity index (χ2n) is 9.62. The number of nitrogens with one attached hydrogen (secondary N) is 1. The summed E-state index contributed by atoms with van der Waals surface area (Å²) in [5.41, 5.74) is 3.56. The Morgan fingerprint density at radius 2 is 1.97 bits per heavy atom. The molecular weight excluding hydrogens is 428 g/mol. The third-order valence-corrected chi connectivity index (χ3v) is 7.00. The third-order valence-electron chi connectivity index (χ3n) is 7.00. The first-order valence-electron chi connectivity index (χ1n) is 11.9. The lowest BCUT2D eigenvalue weighted by molar-refractivity contribution is 0.140. The molecule has 8 heteroatoms. The highest BCUT2D eigenvalue weighted by Crippen LogP contribution is 2.30. The van der Waals surface area contributed by atoms with E-state index in [2.05, 4.69) is 72.2 Å². The molecule has 0 saturated heterocycles. The SMILES string of the molecule is CC[C@H](c1nnnn1C(C)(C)CC)N(Cc1ccco1)Cc1cc2ccc(C)c(C)c2[nH]c1=O. The summed E-state index contributed by atoms with van der Waals surface area (Å²) in [5.74, 6) is 1.63. The first-order valence-corrected chi connectivity index (χ1v) is 11.9. The summed E-state index contributed by atoms with van der Waals surface area (Å²) in [6.07, 6.45) is 3.35. The standard InChI is InChI=1S/C26H34N6O2/c1-7-22(24-28-29-30-32(24)26(5,6)8-2)31(16-21-10-9-13-34-21)15-20-14-19-12-11-17(3)18(4)23(19)27-25(20)33/h9-14,22H,7-8,15-16H2,1-6H3,(H,27,33)/t22-/m1/s1. The van der Waals surface area contributed by atoms with Gasteiger partial charge in [0.2, 0.25) is 0 Å². The van der Waals surface area contributed by atoms with Crippen LogP contribution in [0.4, 0.5) is 0 Å². The van der Waals surface area contributed by atoms with Crippen LogP contribution in [0.1, 0.15) is 74.9 Å². The van der Waals surface area contributed by atoms with E-state index in [-0.39, 0.29) is 17.1 Å². The molecular formula is C26H34N6O2. The minimum Gasteiger partial charge on any atom is -0.468 e. The van der Waals surface area contributed by atoms with Crippen molar-refractivity contribution >= 4 is 10.9 Å². The fourth-order valence-electron chi connectivity index (χ4n) is 4.37. The number of benzene rings is 1. The normalized spacial score (nSPS) is 13.1. The molecule has 1 N–H and O–H groups in total. The van der Waals surface area contributed by atoms with Gasteiger partial charge in [0.25, 0.3) is 5.56 Å². The molecule has 3 heterocycles. The summed E-state index contributed by atoms with van der Waals surface area (Å²) in [5, 5.41) is 13.8. The maximum Gasteiger partial charge on any atom is 0.252 e. The van der Waals surface area contributed by atoms with Crippen LogP contribution in [0.3, 0.4) is 0 Å². The van der Waals surface area contributed by atoms with Crippen molar-refractivity contribution in [1.82, 2.24) is 30.1 Å². The number of aromatic nitrogens is 5. The summed E-state index contributed by atoms with van der Waals surface area (Å²) < 4.78 is 7.60. The van der Waals surface area contributed by atoms with Crippen LogP contribution in [0.25, 0.3) is 10.9 Å². The zero-order valence-electron chi connectivity index (χ0n) is 20.9. The molecule has 0 unspecified atom stereocenters. The fraction of sp³-hybridized carbons (Fsp3) is 0.462. The molecule has 0 aliphatic carbocycles. The van der Waals surface area contributed by atoms with E-state index in [1.165, 1.54) is 0 Å². The minimum atomic E-state index is -0.224. The average molecular weight is 463 g/mol. The van der Waals surface area contributed by atoms with E-state index < -0.39 is 0 Å². The molecule has 180 valence electrons. The fourth-order valence-corrected chi connectivity index (χ4v) is 4.37. The Hall–Kier alpha value is -3.26. The number of hydrogen-bond donors (Lipinski definition) is 1. The van der Waals surface area contributed by atoms with E-state index >= 15 is 0 Å². The summed E-state index contributed by atoms with van der Waals surface area (Å²) in [6, 6.07) is 9.90. The third kappa shape index (κ3) is 4.55. The zero-order valence-corrected chi connectivity index (χ0v) is 20.9. The number of fused-ring (bicyclic) bond motifs is 1. The molecule has 4 aromatic rings. The summed E-state index contributed by atoms with van der Waals surface area (Å²) in [6.45, 7) is 13.6. The second kappa shape index (κ2) is 9.54. The predicted molar refractivity (Wildman–Crippen MR) is 132 cm³/mol. The van der Waals surface area contributed by atoms with Crippen LogP contribution in [-0.2, 0) is 18.6 Å². The van der Waals surface area contributed by atoms with E-state index in [9.17, 15) is 4.79 Å². The maximum absolute atomic E-state index is 13.2. The van der Waals surface area contributed by atoms with Crippen LogP contribution < -0.4 is 5.56 Å². The van der Waals surface area contributed by atoms with Gasteiger partial charge in [-0.25, -0.2) is 4.68 Å². The number of hydrogen-bond acceptors (Lipinski definition) is 6. The number of pyridine rings is 1. The highest BCUT2D eigenvalue weighted by atomic mass is 16.3. The quantitative estimate of drug-likeness (QED) is 0.375. The molecule has 0 saturated carbocycles. The Labute approximate surface area is 200 Å². The lowest BCUT2D eigenvalue weighted by Gasteiger charge is -2.32. The largest absolute Gasteiger partial charge is 0.468 e. The number of aryl methyl sites for hydroxylation is 2. The molecule has 0 radical (unpaired) electrons. The minimum absolute atomic E-state index is 0.0750. The molecule has 1 aromatic carbocycles. The molecule has 1 atom stereocenters. The van der Waals surface area contributed by atoms with Gasteiger partial charge in [-0.05, 0) is 85.7 Å². The molecule has 0 spiro atoms. The van der Waals surface area contributed by atoms with Crippen LogP contribution in [0, 0.1) is 13.8 Å². The van der Waals surface area contributed by atoms with Crippen LogP contribution >= 0.6 is 0 Å². The van der Waals surface area contributed by atoms with Crippen molar-refractivity contribution in [2.24, 2.45) is 0 Å². The molecule has 0 aliphatic rings. The van der Waals surface area contributed by atoms with Crippen molar-refractivity contribution in [2.45, 2.75) is 79.1 Å². The second-order valence-corrected chi connectivity index (χ2v) is 9.62. The molecule has 0 amide bonds. The highest BCUT2D eigenvalue weighted by Gasteiger charge is 2.31. The lowest BCUT2D eigenvalue weighted by atomic mass is 10.0. The molecule has 4 rings (SSSR count). The van der Waals surface area contributed by atoms with Gasteiger partial charge in [-0.2, -0.15) is 0 Å². The van der Waals surface area contributed by atoms with Gasteiger partial charge in [0, 0.05) is 12.1 Å². The van der Waals surface area contributed by atoms with Gasteiger partial charge < -0.3 is 9.40 Å². The lowest BCUT2D eigenvalue weighted by Crippen LogP contribution is -2.36. The Bertz CT molecular complexity index is 1320. The molecule has 3 aromatic heterocycles. The molecule has 0 aliphatic heterocycles. The van der Waals surface area contributed by atoms with E-state index in [0.717, 1.165) is 46.5 Å². The van der Waals surface area contributed by atoms with Crippen LogP contribution in [0.15, 0.2) is 45.8 Å². The van der Waals surface area contributed by atoms with E-state index in [1.807, 2.05) is 29.8 Å². The van der Waals surface area contributed by atoms with Crippen LogP contribution in [0.5, 0.6) is 0 Å². The van der Waals surface area contributed by atoms with Crippen molar-refractivity contribution in [3.8, 4) is 0 Å². The molecule has 0 bridgehead atoms. The topological polar surface area (TPSA) is 92.8 Å². The van der Waals surface area contributed by atoms with E-state index in [1.54, 1.807) is 6.26 Å². The monoisotopic (exact) mass is 462 g/mol. The van der Waals surface area contributed by atoms with Crippen LogP contribution in [-0.4, -0.2) is 30.1 Å². The van der Waals surface area contributed by atoms with Crippen LogP contribution in [0.2, 0.25) is 0 Å². The van der Waals surface area contributed by atoms with E-state index in [0.29, 0.717) is 18.7 Å². The van der Waals surface area contributed by atoms with Gasteiger partial charge in [-0.15, -0.1) is 5.10 Å². The summed E-state index contributed by atoms with van der Waals surface area (Å²) >= 11 is 0. The van der Waals surface area contributed by atoms with Crippen molar-refractivity contribution < 1.29 is 4.42 Å². The Morgan fingerprint density at radius 3 is 2.65 bits per heavy atom. The van der Waals surface area contributed by atoms with Gasteiger partial charge in [0.15, 0.2) is 5.82 Å². The number of H-pyrrole nitrogens is 1. The number of rotatable bonds is 9. The maximum atomic E-state index is 13.2. The molecule has 0 fully saturated rings. The highest BCUT2D eigenvalue weighted by molar-refractivity contribution is 5.83. The first kappa shape index (κ1) is 23.9. The Kier molecular flexibility index (Phi) is 6.70. The first-order chi connectivity index (χ1) is 16.2. The van der Waals surface area contributed by atoms with Crippen molar-refractivity contribution in [3.05, 3.63) is 75.2 Å². The van der Waals surface area contributed by atoms with Gasteiger partial charge in [-0.1, -0.05) is 26.0 Å². The summed E-state index contributed by atoms with van der Waals surface area (Å²) in [7, 11) is 0. The number of tetrazole rings is 1. The zero-order chi connectivity index (χ0) is 24.5. The molecule has 8 nitrogen and oxygen atoms in total. The Balaban J connectivity index is 1.77. The number of aromatic amines is 1. The molecule has 34 heavy (non-hydrogen) atoms. The summed E-state index contributed by atoms with van der Waals surface area (Å²) in [4.78, 5) is 18.5. The predicted octanol–water partition coefficient (Wildman–Crippen LogP) is 5.02. The number of nitrogens with zero attached hydrogens (tertiary/aromatic N) is 5. The van der Waals surface area contributed by atoms with Crippen molar-refractivity contribution in [2.75, 3.05) is 0 Å². The van der Waals surface area contributed by atoms with Crippen molar-refractivity contribution in [3.63, 3.8) is 0 Å². The Morgan fingerprint density at radius 1 is 1.18 bits per heavy atom.